The summed E-state index contributed by atoms with van der Waals surface area (Å²) in [6.07, 6.45) is 9.40. The van der Waals surface area contributed by atoms with Crippen LogP contribution in [0.3, 0.4) is 0 Å². The van der Waals surface area contributed by atoms with Crippen molar-refractivity contribution in [2.75, 3.05) is 6.54 Å². The average molecular weight is 266 g/mol. The van der Waals surface area contributed by atoms with Gasteiger partial charge in [-0.05, 0) is 32.1 Å². The van der Waals surface area contributed by atoms with E-state index < -0.39 is 5.41 Å². The zero-order valence-electron chi connectivity index (χ0n) is 12.0. The summed E-state index contributed by atoms with van der Waals surface area (Å²) in [6.45, 7) is 2.68. The maximum atomic E-state index is 12.3. The fraction of sp³-hybridized carbons (Fsp3) is 0.867. The van der Waals surface area contributed by atoms with Crippen LogP contribution >= 0.6 is 0 Å². The van der Waals surface area contributed by atoms with Gasteiger partial charge < -0.3 is 10.6 Å². The molecule has 4 heteroatoms. The number of rotatable bonds is 5. The fourth-order valence-electron chi connectivity index (χ4n) is 2.84. The number of amides is 2. The Labute approximate surface area is 115 Å². The molecule has 0 spiro atoms. The highest BCUT2D eigenvalue weighted by atomic mass is 16.2. The minimum atomic E-state index is -0.735. The Hall–Kier alpha value is -1.06. The molecule has 0 aromatic rings. The molecule has 2 saturated carbocycles. The van der Waals surface area contributed by atoms with Gasteiger partial charge in [-0.2, -0.15) is 0 Å². The van der Waals surface area contributed by atoms with Gasteiger partial charge >= 0.3 is 0 Å². The van der Waals surface area contributed by atoms with Crippen LogP contribution < -0.4 is 10.6 Å². The van der Waals surface area contributed by atoms with Crippen molar-refractivity contribution in [3.8, 4) is 0 Å². The number of hydrogen-bond acceptors (Lipinski definition) is 2. The van der Waals surface area contributed by atoms with E-state index in [1.807, 2.05) is 6.92 Å². The molecule has 2 rings (SSSR count). The molecule has 108 valence electrons. The zero-order valence-corrected chi connectivity index (χ0v) is 12.0. The first-order valence-electron chi connectivity index (χ1n) is 7.78. The van der Waals surface area contributed by atoms with Crippen molar-refractivity contribution in [1.29, 1.82) is 0 Å². The van der Waals surface area contributed by atoms with Crippen molar-refractivity contribution in [1.82, 2.24) is 10.6 Å². The number of hydrogen-bond donors (Lipinski definition) is 2. The Kier molecular flexibility index (Phi) is 4.83. The molecule has 0 aliphatic heterocycles. The topological polar surface area (TPSA) is 58.2 Å². The van der Waals surface area contributed by atoms with Crippen LogP contribution in [0.1, 0.15) is 64.7 Å². The van der Waals surface area contributed by atoms with Crippen molar-refractivity contribution in [3.05, 3.63) is 0 Å². The van der Waals surface area contributed by atoms with Crippen LogP contribution in [0.2, 0.25) is 0 Å². The van der Waals surface area contributed by atoms with Crippen LogP contribution in [-0.2, 0) is 9.59 Å². The second-order valence-electron chi connectivity index (χ2n) is 6.00. The van der Waals surface area contributed by atoms with E-state index in [9.17, 15) is 9.59 Å². The number of nitrogens with one attached hydrogen (secondary N) is 2. The molecule has 4 nitrogen and oxygen atoms in total. The van der Waals surface area contributed by atoms with Crippen molar-refractivity contribution in [2.45, 2.75) is 70.8 Å². The Balaban J connectivity index is 1.86. The molecule has 2 N–H and O–H groups in total. The first kappa shape index (κ1) is 14.4. The molecular weight excluding hydrogens is 240 g/mol. The van der Waals surface area contributed by atoms with Gasteiger partial charge in [-0.3, -0.25) is 9.59 Å². The summed E-state index contributed by atoms with van der Waals surface area (Å²) in [5, 5.41) is 5.99. The van der Waals surface area contributed by atoms with Gasteiger partial charge in [0.2, 0.25) is 11.8 Å². The minimum Gasteiger partial charge on any atom is -0.355 e. The van der Waals surface area contributed by atoms with E-state index in [4.69, 9.17) is 0 Å². The van der Waals surface area contributed by atoms with E-state index in [1.54, 1.807) is 0 Å². The lowest BCUT2D eigenvalue weighted by Crippen LogP contribution is -2.46. The van der Waals surface area contributed by atoms with E-state index in [0.29, 0.717) is 19.4 Å². The molecule has 0 aromatic heterocycles. The van der Waals surface area contributed by atoms with Crippen LogP contribution in [0, 0.1) is 5.41 Å². The lowest BCUT2D eigenvalue weighted by molar-refractivity contribution is -0.137. The summed E-state index contributed by atoms with van der Waals surface area (Å²) in [6, 6.07) is 0.284. The summed E-state index contributed by atoms with van der Waals surface area (Å²) < 4.78 is 0. The fourth-order valence-corrected chi connectivity index (χ4v) is 2.84. The molecule has 2 aliphatic rings. The van der Waals surface area contributed by atoms with Gasteiger partial charge in [0.15, 0.2) is 0 Å². The molecular formula is C15H26N2O2. The molecule has 0 unspecified atom stereocenters. The molecule has 2 aliphatic carbocycles. The third kappa shape index (κ3) is 3.48. The van der Waals surface area contributed by atoms with Crippen molar-refractivity contribution in [2.24, 2.45) is 5.41 Å². The number of carbonyl (C=O) groups excluding carboxylic acids is 2. The second-order valence-corrected chi connectivity index (χ2v) is 6.00. The molecule has 0 bridgehead atoms. The normalized spacial score (nSPS) is 22.4. The van der Waals surface area contributed by atoms with E-state index in [-0.39, 0.29) is 17.9 Å². The maximum Gasteiger partial charge on any atom is 0.235 e. The second kappa shape index (κ2) is 6.40. The monoisotopic (exact) mass is 266 g/mol. The number of carbonyl (C=O) groups is 2. The molecule has 0 aromatic carbocycles. The van der Waals surface area contributed by atoms with Crippen molar-refractivity contribution in [3.63, 3.8) is 0 Å². The summed E-state index contributed by atoms with van der Waals surface area (Å²) in [4.78, 5) is 24.4. The standard InChI is InChI=1S/C15H26N2O2/c1-2-11-16-13(18)15(9-10-15)14(19)17-12-7-5-3-4-6-8-12/h12H,2-11H2,1H3,(H,16,18)(H,17,19). The molecule has 0 atom stereocenters. The highest BCUT2D eigenvalue weighted by molar-refractivity contribution is 6.07. The average Bonchev–Trinajstić information content (AvgIpc) is 3.21. The lowest BCUT2D eigenvalue weighted by atomic mass is 10.0. The molecule has 19 heavy (non-hydrogen) atoms. The Morgan fingerprint density at radius 2 is 1.68 bits per heavy atom. The zero-order chi connectivity index (χ0) is 13.7. The van der Waals surface area contributed by atoms with Gasteiger partial charge in [0.1, 0.15) is 5.41 Å². The summed E-state index contributed by atoms with van der Waals surface area (Å²) in [5.74, 6) is -0.103. The SMILES string of the molecule is CCCNC(=O)C1(C(=O)NC2CCCCCC2)CC1. The highest BCUT2D eigenvalue weighted by Crippen LogP contribution is 2.46. The Bertz CT molecular complexity index is 329. The van der Waals surface area contributed by atoms with Gasteiger partial charge in [0.25, 0.3) is 0 Å². The third-order valence-electron chi connectivity index (χ3n) is 4.35. The van der Waals surface area contributed by atoms with Crippen LogP contribution in [0.25, 0.3) is 0 Å². The van der Waals surface area contributed by atoms with Gasteiger partial charge in [0, 0.05) is 12.6 Å². The van der Waals surface area contributed by atoms with Gasteiger partial charge in [-0.1, -0.05) is 32.6 Å². The predicted molar refractivity (Wildman–Crippen MR) is 74.6 cm³/mol. The van der Waals surface area contributed by atoms with Crippen LogP contribution in [0.4, 0.5) is 0 Å². The molecule has 2 amide bonds. The van der Waals surface area contributed by atoms with Crippen molar-refractivity contribution >= 4 is 11.8 Å². The molecule has 2 fully saturated rings. The van der Waals surface area contributed by atoms with Gasteiger partial charge in [0.05, 0.1) is 0 Å². The van der Waals surface area contributed by atoms with E-state index in [1.165, 1.54) is 25.7 Å². The molecule has 0 saturated heterocycles. The summed E-state index contributed by atoms with van der Waals surface area (Å²) in [5.41, 5.74) is -0.735. The van der Waals surface area contributed by atoms with Gasteiger partial charge in [-0.25, -0.2) is 0 Å². The maximum absolute atomic E-state index is 12.3. The first-order valence-corrected chi connectivity index (χ1v) is 7.78. The predicted octanol–water partition coefficient (Wildman–Crippen LogP) is 2.13. The Morgan fingerprint density at radius 1 is 1.05 bits per heavy atom. The quantitative estimate of drug-likeness (QED) is 0.591. The first-order chi connectivity index (χ1) is 9.19. The third-order valence-corrected chi connectivity index (χ3v) is 4.35. The van der Waals surface area contributed by atoms with E-state index >= 15 is 0 Å². The lowest BCUT2D eigenvalue weighted by Gasteiger charge is -2.21. The van der Waals surface area contributed by atoms with Gasteiger partial charge in [-0.15, -0.1) is 0 Å². The van der Waals surface area contributed by atoms with E-state index in [0.717, 1.165) is 19.3 Å². The molecule has 0 radical (unpaired) electrons. The summed E-state index contributed by atoms with van der Waals surface area (Å²) in [7, 11) is 0. The summed E-state index contributed by atoms with van der Waals surface area (Å²) >= 11 is 0. The van der Waals surface area contributed by atoms with Crippen LogP contribution in [-0.4, -0.2) is 24.4 Å². The van der Waals surface area contributed by atoms with E-state index in [2.05, 4.69) is 10.6 Å². The Morgan fingerprint density at radius 3 is 2.21 bits per heavy atom. The highest BCUT2D eigenvalue weighted by Gasteiger charge is 2.56. The van der Waals surface area contributed by atoms with Crippen LogP contribution in [0.5, 0.6) is 0 Å². The van der Waals surface area contributed by atoms with Crippen LogP contribution in [0.15, 0.2) is 0 Å². The van der Waals surface area contributed by atoms with Crippen molar-refractivity contribution < 1.29 is 9.59 Å². The largest absolute Gasteiger partial charge is 0.355 e. The molecule has 0 heterocycles. The minimum absolute atomic E-state index is 0.0343. The smallest absolute Gasteiger partial charge is 0.235 e.